The summed E-state index contributed by atoms with van der Waals surface area (Å²) in [4.78, 5) is 0. The second-order valence-electron chi connectivity index (χ2n) is 4.33. The van der Waals surface area contributed by atoms with Gasteiger partial charge in [0.1, 0.15) is 5.75 Å². The summed E-state index contributed by atoms with van der Waals surface area (Å²) in [5.74, 6) is -0.0316. The fourth-order valence-corrected chi connectivity index (χ4v) is 1.91. The Morgan fingerprint density at radius 1 is 0.833 bits per heavy atom. The van der Waals surface area contributed by atoms with Gasteiger partial charge in [-0.2, -0.15) is 0 Å². The van der Waals surface area contributed by atoms with Gasteiger partial charge in [0.2, 0.25) is 0 Å². The first-order valence-electron chi connectivity index (χ1n) is 5.79. The molecule has 0 aliphatic carbocycles. The molecule has 0 fully saturated rings. The van der Waals surface area contributed by atoms with Gasteiger partial charge in [0.15, 0.2) is 0 Å². The second kappa shape index (κ2) is 5.21. The number of aromatic hydroxyl groups is 1. The highest BCUT2D eigenvalue weighted by Gasteiger charge is 2.09. The van der Waals surface area contributed by atoms with Crippen molar-refractivity contribution in [2.75, 3.05) is 0 Å². The van der Waals surface area contributed by atoms with Crippen molar-refractivity contribution in [1.29, 1.82) is 0 Å². The molecule has 0 unspecified atom stereocenters. The quantitative estimate of drug-likeness (QED) is 0.776. The molecule has 3 N–H and O–H groups in total. The molecule has 0 bridgehead atoms. The van der Waals surface area contributed by atoms with Crippen molar-refractivity contribution < 1.29 is 15.3 Å². The number of aryl methyl sites for hydroxylation is 1. The fourth-order valence-electron chi connectivity index (χ4n) is 1.91. The maximum Gasteiger partial charge on any atom is 0.126 e. The fraction of sp³-hybridized carbons (Fsp3) is 0.200. The van der Waals surface area contributed by atoms with Crippen molar-refractivity contribution in [2.24, 2.45) is 0 Å². The number of rotatable bonds is 3. The van der Waals surface area contributed by atoms with Crippen molar-refractivity contribution in [3.63, 3.8) is 0 Å². The lowest BCUT2D eigenvalue weighted by molar-refractivity contribution is 0.264. The number of aliphatic hydroxyl groups is 2. The zero-order valence-corrected chi connectivity index (χ0v) is 10.2. The van der Waals surface area contributed by atoms with E-state index in [1.807, 2.05) is 31.2 Å². The number of aliphatic hydroxyl groups excluding tert-OH is 2. The average Bonchev–Trinajstić information content (AvgIpc) is 2.40. The van der Waals surface area contributed by atoms with Gasteiger partial charge in [0.05, 0.1) is 13.2 Å². The topological polar surface area (TPSA) is 60.7 Å². The molecule has 0 aliphatic heterocycles. The Bertz CT molecular complexity index is 519. The van der Waals surface area contributed by atoms with E-state index in [9.17, 15) is 15.3 Å². The van der Waals surface area contributed by atoms with Crippen LogP contribution in [0.4, 0.5) is 0 Å². The first-order chi connectivity index (χ1) is 8.65. The lowest BCUT2D eigenvalue weighted by Gasteiger charge is -2.10. The molecule has 0 atom stereocenters. The van der Waals surface area contributed by atoms with Gasteiger partial charge in [0.25, 0.3) is 0 Å². The van der Waals surface area contributed by atoms with Gasteiger partial charge >= 0.3 is 0 Å². The van der Waals surface area contributed by atoms with E-state index >= 15 is 0 Å². The molecular weight excluding hydrogens is 228 g/mol. The van der Waals surface area contributed by atoms with Crippen LogP contribution in [0.1, 0.15) is 16.7 Å². The van der Waals surface area contributed by atoms with E-state index in [0.29, 0.717) is 11.1 Å². The van der Waals surface area contributed by atoms with E-state index < -0.39 is 0 Å². The Morgan fingerprint density at radius 2 is 1.33 bits per heavy atom. The normalized spacial score (nSPS) is 10.6. The molecule has 0 aromatic heterocycles. The van der Waals surface area contributed by atoms with E-state index in [1.165, 1.54) is 5.56 Å². The molecule has 0 aliphatic rings. The predicted molar refractivity (Wildman–Crippen MR) is 70.1 cm³/mol. The number of hydrogen-bond acceptors (Lipinski definition) is 3. The van der Waals surface area contributed by atoms with E-state index in [4.69, 9.17) is 0 Å². The molecule has 3 heteroatoms. The maximum absolute atomic E-state index is 9.78. The van der Waals surface area contributed by atoms with Gasteiger partial charge in [0, 0.05) is 11.1 Å². The van der Waals surface area contributed by atoms with Gasteiger partial charge in [-0.25, -0.2) is 0 Å². The summed E-state index contributed by atoms with van der Waals surface area (Å²) in [6.07, 6.45) is 0. The van der Waals surface area contributed by atoms with E-state index in [-0.39, 0.29) is 19.0 Å². The van der Waals surface area contributed by atoms with Crippen LogP contribution in [0.2, 0.25) is 0 Å². The largest absolute Gasteiger partial charge is 0.507 e. The van der Waals surface area contributed by atoms with Gasteiger partial charge in [-0.1, -0.05) is 29.8 Å². The summed E-state index contributed by atoms with van der Waals surface area (Å²) in [5, 5.41) is 28.2. The van der Waals surface area contributed by atoms with Gasteiger partial charge in [-0.15, -0.1) is 0 Å². The van der Waals surface area contributed by atoms with Crippen LogP contribution in [0, 0.1) is 6.92 Å². The maximum atomic E-state index is 9.78. The molecule has 94 valence electrons. The predicted octanol–water partition coefficient (Wildman–Crippen LogP) is 2.35. The van der Waals surface area contributed by atoms with E-state index in [2.05, 4.69) is 0 Å². The summed E-state index contributed by atoms with van der Waals surface area (Å²) in [7, 11) is 0. The Morgan fingerprint density at radius 3 is 1.78 bits per heavy atom. The van der Waals surface area contributed by atoms with Crippen molar-refractivity contribution >= 4 is 0 Å². The zero-order chi connectivity index (χ0) is 13.1. The molecule has 0 spiro atoms. The molecule has 0 radical (unpaired) electrons. The number of phenols is 1. The Labute approximate surface area is 106 Å². The first kappa shape index (κ1) is 12.6. The molecular formula is C15H16O3. The summed E-state index contributed by atoms with van der Waals surface area (Å²) >= 11 is 0. The van der Waals surface area contributed by atoms with Crippen molar-refractivity contribution in [3.8, 4) is 16.9 Å². The summed E-state index contributed by atoms with van der Waals surface area (Å²) in [5.41, 5.74) is 3.89. The molecule has 0 heterocycles. The molecule has 2 aromatic carbocycles. The second-order valence-corrected chi connectivity index (χ2v) is 4.33. The standard InChI is InChI=1S/C15H16O3/c1-10-2-4-11(5-3-10)12-6-13(8-16)15(18)14(7-12)9-17/h2-7,16-18H,8-9H2,1H3. The van der Waals surface area contributed by atoms with Crippen LogP contribution in [-0.4, -0.2) is 15.3 Å². The van der Waals surface area contributed by atoms with Crippen LogP contribution in [0.5, 0.6) is 5.75 Å². The molecule has 0 saturated heterocycles. The minimum absolute atomic E-state index is 0.0316. The highest BCUT2D eigenvalue weighted by atomic mass is 16.3. The van der Waals surface area contributed by atoms with Gasteiger partial charge in [-0.05, 0) is 30.2 Å². The third kappa shape index (κ3) is 2.37. The van der Waals surface area contributed by atoms with Crippen molar-refractivity contribution in [3.05, 3.63) is 53.1 Å². The third-order valence-electron chi connectivity index (χ3n) is 2.99. The minimum Gasteiger partial charge on any atom is -0.507 e. The first-order valence-corrected chi connectivity index (χ1v) is 5.79. The summed E-state index contributed by atoms with van der Waals surface area (Å²) < 4.78 is 0. The van der Waals surface area contributed by atoms with E-state index in [0.717, 1.165) is 11.1 Å². The van der Waals surface area contributed by atoms with Crippen LogP contribution >= 0.6 is 0 Å². The lowest BCUT2D eigenvalue weighted by Crippen LogP contribution is -1.93. The van der Waals surface area contributed by atoms with Crippen LogP contribution in [0.15, 0.2) is 36.4 Å². The van der Waals surface area contributed by atoms with E-state index in [1.54, 1.807) is 12.1 Å². The third-order valence-corrected chi connectivity index (χ3v) is 2.99. The SMILES string of the molecule is Cc1ccc(-c2cc(CO)c(O)c(CO)c2)cc1. The molecule has 2 aromatic rings. The highest BCUT2D eigenvalue weighted by Crippen LogP contribution is 2.30. The average molecular weight is 244 g/mol. The molecule has 18 heavy (non-hydrogen) atoms. The molecule has 0 saturated carbocycles. The lowest BCUT2D eigenvalue weighted by atomic mass is 9.98. The number of hydrogen-bond donors (Lipinski definition) is 3. The summed E-state index contributed by atoms with van der Waals surface area (Å²) in [6, 6.07) is 11.4. The van der Waals surface area contributed by atoms with Crippen molar-refractivity contribution in [1.82, 2.24) is 0 Å². The molecule has 0 amide bonds. The zero-order valence-electron chi connectivity index (χ0n) is 10.2. The van der Waals surface area contributed by atoms with Gasteiger partial charge in [-0.3, -0.25) is 0 Å². The Hall–Kier alpha value is -1.84. The molecule has 2 rings (SSSR count). The van der Waals surface area contributed by atoms with Crippen LogP contribution in [0.3, 0.4) is 0 Å². The molecule has 3 nitrogen and oxygen atoms in total. The Balaban J connectivity index is 2.54. The number of benzene rings is 2. The van der Waals surface area contributed by atoms with Gasteiger partial charge < -0.3 is 15.3 Å². The summed E-state index contributed by atoms with van der Waals surface area (Å²) in [6.45, 7) is 1.51. The Kier molecular flexibility index (Phi) is 3.65. The van der Waals surface area contributed by atoms with Crippen molar-refractivity contribution in [2.45, 2.75) is 20.1 Å². The monoisotopic (exact) mass is 244 g/mol. The highest BCUT2D eigenvalue weighted by molar-refractivity contribution is 5.67. The smallest absolute Gasteiger partial charge is 0.126 e. The van der Waals surface area contributed by atoms with Crippen LogP contribution in [-0.2, 0) is 13.2 Å². The van der Waals surface area contributed by atoms with Crippen LogP contribution < -0.4 is 0 Å². The van der Waals surface area contributed by atoms with Crippen LogP contribution in [0.25, 0.3) is 11.1 Å². The minimum atomic E-state index is -0.251.